The lowest BCUT2D eigenvalue weighted by molar-refractivity contribution is -0.119. The summed E-state index contributed by atoms with van der Waals surface area (Å²) in [4.78, 5) is 16.7. The molecular weight excluding hydrogens is 474 g/mol. The van der Waals surface area contributed by atoms with E-state index in [0.717, 1.165) is 22.2 Å². The predicted molar refractivity (Wildman–Crippen MR) is 145 cm³/mol. The molecule has 3 aromatic carbocycles. The molecule has 1 amide bonds. The Labute approximate surface area is 215 Å². The number of aryl methyl sites for hydroxylation is 2. The molecule has 4 rings (SSSR count). The largest absolute Gasteiger partial charge is 0.493 e. The van der Waals surface area contributed by atoms with Gasteiger partial charge in [-0.3, -0.25) is 9.78 Å². The van der Waals surface area contributed by atoms with Gasteiger partial charge in [0, 0.05) is 29.8 Å². The number of carbonyl (C=O) groups is 1. The van der Waals surface area contributed by atoms with Crippen molar-refractivity contribution in [1.29, 1.82) is 0 Å². The topological polar surface area (TPSA) is 81.7 Å². The van der Waals surface area contributed by atoms with E-state index in [1.54, 1.807) is 26.5 Å². The number of aromatic nitrogens is 1. The van der Waals surface area contributed by atoms with Crippen LogP contribution in [0.5, 0.6) is 23.0 Å². The maximum absolute atomic E-state index is 12.3. The highest BCUT2D eigenvalue weighted by molar-refractivity contribution is 7.80. The van der Waals surface area contributed by atoms with E-state index >= 15 is 0 Å². The maximum Gasteiger partial charge on any atom is 0.226 e. The van der Waals surface area contributed by atoms with Crippen LogP contribution in [0.25, 0.3) is 10.9 Å². The van der Waals surface area contributed by atoms with Gasteiger partial charge in [-0.15, -0.1) is 0 Å². The number of amides is 1. The zero-order valence-corrected chi connectivity index (χ0v) is 21.1. The monoisotopic (exact) mass is 501 g/mol. The van der Waals surface area contributed by atoms with Crippen LogP contribution < -0.4 is 24.8 Å². The second kappa shape index (κ2) is 11.5. The molecule has 0 fully saturated rings. The first kappa shape index (κ1) is 24.9. The standard InChI is InChI=1S/C28H27N3O4S/c1-18-6-4-5-7-19(18)8-13-27(32)31-28(36)30-20-9-11-21(12-10-20)35-24-14-15-29-23-17-26(34-3)25(33-2)16-22(23)24/h4-7,9-12,14-17H,8,13H2,1-3H3,(H2,30,31,32,36). The van der Waals surface area contributed by atoms with Crippen molar-refractivity contribution in [2.24, 2.45) is 0 Å². The van der Waals surface area contributed by atoms with Gasteiger partial charge in [0.25, 0.3) is 0 Å². The zero-order chi connectivity index (χ0) is 25.5. The second-order valence-corrected chi connectivity index (χ2v) is 8.50. The molecule has 1 aromatic heterocycles. The minimum Gasteiger partial charge on any atom is -0.493 e. The summed E-state index contributed by atoms with van der Waals surface area (Å²) in [5.74, 6) is 2.33. The van der Waals surface area contributed by atoms with Gasteiger partial charge in [-0.05, 0) is 73.1 Å². The van der Waals surface area contributed by atoms with Gasteiger partial charge in [0.1, 0.15) is 11.5 Å². The third-order valence-corrected chi connectivity index (χ3v) is 5.89. The third-order valence-electron chi connectivity index (χ3n) is 5.68. The molecule has 7 nitrogen and oxygen atoms in total. The predicted octanol–water partition coefficient (Wildman–Crippen LogP) is 5.80. The van der Waals surface area contributed by atoms with Crippen molar-refractivity contribution >= 4 is 39.8 Å². The number of ether oxygens (including phenoxy) is 3. The van der Waals surface area contributed by atoms with Crippen LogP contribution in [0, 0.1) is 6.92 Å². The number of hydrogen-bond acceptors (Lipinski definition) is 6. The Kier molecular flexibility index (Phi) is 7.97. The molecule has 0 saturated heterocycles. The van der Waals surface area contributed by atoms with Crippen molar-refractivity contribution in [1.82, 2.24) is 10.3 Å². The number of pyridine rings is 1. The fourth-order valence-corrected chi connectivity index (χ4v) is 3.99. The molecule has 8 heteroatoms. The van der Waals surface area contributed by atoms with Crippen LogP contribution in [0.4, 0.5) is 5.69 Å². The first-order valence-electron chi connectivity index (χ1n) is 11.4. The average Bonchev–Trinajstić information content (AvgIpc) is 2.88. The Hall–Kier alpha value is -4.17. The number of thiocarbonyl (C=S) groups is 1. The molecule has 0 aliphatic rings. The van der Waals surface area contributed by atoms with Crippen molar-refractivity contribution in [3.05, 3.63) is 84.1 Å². The van der Waals surface area contributed by atoms with Crippen LogP contribution in [-0.4, -0.2) is 30.2 Å². The molecule has 2 N–H and O–H groups in total. The summed E-state index contributed by atoms with van der Waals surface area (Å²) in [5, 5.41) is 6.82. The van der Waals surface area contributed by atoms with Crippen molar-refractivity contribution < 1.29 is 19.0 Å². The van der Waals surface area contributed by atoms with Crippen LogP contribution in [0.1, 0.15) is 17.5 Å². The number of rotatable bonds is 8. The Morgan fingerprint density at radius 3 is 2.39 bits per heavy atom. The number of anilines is 1. The number of methoxy groups -OCH3 is 2. The van der Waals surface area contributed by atoms with Crippen LogP contribution in [0.2, 0.25) is 0 Å². The smallest absolute Gasteiger partial charge is 0.226 e. The van der Waals surface area contributed by atoms with Gasteiger partial charge in [-0.2, -0.15) is 0 Å². The quantitative estimate of drug-likeness (QED) is 0.295. The summed E-state index contributed by atoms with van der Waals surface area (Å²) in [6, 6.07) is 20.8. The fourth-order valence-electron chi connectivity index (χ4n) is 3.76. The van der Waals surface area contributed by atoms with E-state index in [0.29, 0.717) is 35.8 Å². The van der Waals surface area contributed by atoms with E-state index in [-0.39, 0.29) is 11.0 Å². The highest BCUT2D eigenvalue weighted by Crippen LogP contribution is 2.36. The summed E-state index contributed by atoms with van der Waals surface area (Å²) in [6.07, 6.45) is 2.70. The van der Waals surface area contributed by atoms with Crippen molar-refractivity contribution in [2.45, 2.75) is 19.8 Å². The van der Waals surface area contributed by atoms with E-state index in [1.165, 1.54) is 5.56 Å². The summed E-state index contributed by atoms with van der Waals surface area (Å²) in [7, 11) is 3.17. The van der Waals surface area contributed by atoms with Crippen molar-refractivity contribution in [3.63, 3.8) is 0 Å². The normalized spacial score (nSPS) is 10.5. The molecule has 0 spiro atoms. The van der Waals surface area contributed by atoms with Crippen molar-refractivity contribution in [3.8, 4) is 23.0 Å². The lowest BCUT2D eigenvalue weighted by atomic mass is 10.0. The molecule has 0 aliphatic heterocycles. The molecule has 1 heterocycles. The van der Waals surface area contributed by atoms with Gasteiger partial charge in [-0.1, -0.05) is 24.3 Å². The number of nitrogens with zero attached hydrogens (tertiary/aromatic N) is 1. The molecule has 4 aromatic rings. The molecule has 184 valence electrons. The Morgan fingerprint density at radius 1 is 0.944 bits per heavy atom. The van der Waals surface area contributed by atoms with Gasteiger partial charge in [0.2, 0.25) is 5.91 Å². The fraction of sp³-hybridized carbons (Fsp3) is 0.179. The van der Waals surface area contributed by atoms with Crippen LogP contribution in [0.3, 0.4) is 0 Å². The summed E-state index contributed by atoms with van der Waals surface area (Å²) in [6.45, 7) is 2.04. The molecule has 0 atom stereocenters. The van der Waals surface area contributed by atoms with Crippen LogP contribution in [-0.2, 0) is 11.2 Å². The Bertz CT molecular complexity index is 1390. The summed E-state index contributed by atoms with van der Waals surface area (Å²) in [5.41, 5.74) is 3.79. The molecule has 36 heavy (non-hydrogen) atoms. The molecular formula is C28H27N3O4S. The molecule has 0 radical (unpaired) electrons. The summed E-state index contributed by atoms with van der Waals surface area (Å²) < 4.78 is 16.9. The van der Waals surface area contributed by atoms with E-state index < -0.39 is 0 Å². The Balaban J connectivity index is 1.36. The minimum absolute atomic E-state index is 0.132. The molecule has 0 bridgehead atoms. The van der Waals surface area contributed by atoms with Gasteiger partial charge in [0.15, 0.2) is 16.6 Å². The maximum atomic E-state index is 12.3. The lowest BCUT2D eigenvalue weighted by Crippen LogP contribution is -2.34. The third kappa shape index (κ3) is 6.09. The number of benzene rings is 3. The second-order valence-electron chi connectivity index (χ2n) is 8.09. The molecule has 0 unspecified atom stereocenters. The first-order valence-corrected chi connectivity index (χ1v) is 11.8. The average molecular weight is 502 g/mol. The van der Waals surface area contributed by atoms with Crippen LogP contribution >= 0.6 is 12.2 Å². The highest BCUT2D eigenvalue weighted by atomic mass is 32.1. The molecule has 0 saturated carbocycles. The van der Waals surface area contributed by atoms with E-state index in [4.69, 9.17) is 26.4 Å². The van der Waals surface area contributed by atoms with Gasteiger partial charge >= 0.3 is 0 Å². The SMILES string of the molecule is COc1cc2nccc(Oc3ccc(NC(=S)NC(=O)CCc4ccccc4C)cc3)c2cc1OC. The van der Waals surface area contributed by atoms with Crippen molar-refractivity contribution in [2.75, 3.05) is 19.5 Å². The molecule has 0 aliphatic carbocycles. The minimum atomic E-state index is -0.132. The summed E-state index contributed by atoms with van der Waals surface area (Å²) >= 11 is 5.30. The highest BCUT2D eigenvalue weighted by Gasteiger charge is 2.12. The van der Waals surface area contributed by atoms with E-state index in [2.05, 4.69) is 15.6 Å². The van der Waals surface area contributed by atoms with Gasteiger partial charge < -0.3 is 24.8 Å². The first-order chi connectivity index (χ1) is 17.5. The van der Waals surface area contributed by atoms with E-state index in [9.17, 15) is 4.79 Å². The Morgan fingerprint density at radius 2 is 1.67 bits per heavy atom. The number of carbonyl (C=O) groups excluding carboxylic acids is 1. The van der Waals surface area contributed by atoms with Gasteiger partial charge in [-0.25, -0.2) is 0 Å². The van der Waals surface area contributed by atoms with Crippen LogP contribution in [0.15, 0.2) is 72.9 Å². The van der Waals surface area contributed by atoms with E-state index in [1.807, 2.05) is 67.6 Å². The number of hydrogen-bond donors (Lipinski definition) is 2. The number of nitrogens with one attached hydrogen (secondary N) is 2. The zero-order valence-electron chi connectivity index (χ0n) is 20.3. The lowest BCUT2D eigenvalue weighted by Gasteiger charge is -2.13. The number of fused-ring (bicyclic) bond motifs is 1. The van der Waals surface area contributed by atoms with Gasteiger partial charge in [0.05, 0.1) is 19.7 Å².